The van der Waals surface area contributed by atoms with E-state index >= 15 is 0 Å². The first-order valence-electron chi connectivity index (χ1n) is 9.37. The molecular formula is C22H30N2. The molecule has 0 saturated carbocycles. The maximum atomic E-state index is 4.59. The first-order chi connectivity index (χ1) is 11.6. The van der Waals surface area contributed by atoms with E-state index in [-0.39, 0.29) is 0 Å². The van der Waals surface area contributed by atoms with Crippen LogP contribution in [0.1, 0.15) is 44.9 Å². The van der Waals surface area contributed by atoms with Gasteiger partial charge >= 0.3 is 0 Å². The standard InChI is InChI=1S/C22H30N2/c1-17(2)14-19-4-6-20(7-5-19)21-8-11-23-22(15-21)16-24-12-9-18(3)10-13-24/h4-8,11,15,17-18H,9-10,12-14,16H2,1-3H3. The average molecular weight is 322 g/mol. The van der Waals surface area contributed by atoms with Gasteiger partial charge in [-0.05, 0) is 73.0 Å². The van der Waals surface area contributed by atoms with Gasteiger partial charge in [0.15, 0.2) is 0 Å². The number of likely N-dealkylation sites (tertiary alicyclic amines) is 1. The topological polar surface area (TPSA) is 16.1 Å². The Balaban J connectivity index is 1.68. The fraction of sp³-hybridized carbons (Fsp3) is 0.500. The summed E-state index contributed by atoms with van der Waals surface area (Å²) >= 11 is 0. The molecule has 2 heterocycles. The van der Waals surface area contributed by atoms with E-state index in [1.807, 2.05) is 6.20 Å². The lowest BCUT2D eigenvalue weighted by Crippen LogP contribution is -2.32. The van der Waals surface area contributed by atoms with Crippen LogP contribution in [0.2, 0.25) is 0 Å². The molecule has 2 heteroatoms. The number of pyridine rings is 1. The molecule has 0 spiro atoms. The Hall–Kier alpha value is -1.67. The highest BCUT2D eigenvalue weighted by Crippen LogP contribution is 2.23. The molecule has 1 saturated heterocycles. The zero-order valence-corrected chi connectivity index (χ0v) is 15.3. The Morgan fingerprint density at radius 2 is 1.75 bits per heavy atom. The number of benzene rings is 1. The lowest BCUT2D eigenvalue weighted by atomic mass is 9.98. The molecule has 1 aromatic carbocycles. The van der Waals surface area contributed by atoms with Crippen LogP contribution in [0.25, 0.3) is 11.1 Å². The summed E-state index contributed by atoms with van der Waals surface area (Å²) < 4.78 is 0. The van der Waals surface area contributed by atoms with E-state index in [1.54, 1.807) is 0 Å². The van der Waals surface area contributed by atoms with Crippen LogP contribution in [-0.4, -0.2) is 23.0 Å². The number of nitrogens with zero attached hydrogens (tertiary/aromatic N) is 2. The molecule has 1 fully saturated rings. The molecule has 0 atom stereocenters. The first kappa shape index (κ1) is 17.2. The number of rotatable bonds is 5. The third kappa shape index (κ3) is 4.67. The Labute approximate surface area is 146 Å². The summed E-state index contributed by atoms with van der Waals surface area (Å²) in [5.41, 5.74) is 5.18. The molecule has 2 aromatic rings. The van der Waals surface area contributed by atoms with E-state index in [0.29, 0.717) is 5.92 Å². The van der Waals surface area contributed by atoms with Crippen molar-refractivity contribution < 1.29 is 0 Å². The minimum atomic E-state index is 0.704. The van der Waals surface area contributed by atoms with Crippen LogP contribution in [0, 0.1) is 11.8 Å². The van der Waals surface area contributed by atoms with E-state index in [0.717, 1.165) is 18.9 Å². The maximum absolute atomic E-state index is 4.59. The Morgan fingerprint density at radius 3 is 2.42 bits per heavy atom. The van der Waals surface area contributed by atoms with Crippen LogP contribution in [-0.2, 0) is 13.0 Å². The lowest BCUT2D eigenvalue weighted by molar-refractivity contribution is 0.183. The normalized spacial score (nSPS) is 16.7. The zero-order chi connectivity index (χ0) is 16.9. The summed E-state index contributed by atoms with van der Waals surface area (Å²) in [7, 11) is 0. The molecule has 0 amide bonds. The van der Waals surface area contributed by atoms with Crippen molar-refractivity contribution in [1.29, 1.82) is 0 Å². The van der Waals surface area contributed by atoms with Crippen molar-refractivity contribution in [3.63, 3.8) is 0 Å². The van der Waals surface area contributed by atoms with Crippen LogP contribution < -0.4 is 0 Å². The zero-order valence-electron chi connectivity index (χ0n) is 15.3. The summed E-state index contributed by atoms with van der Waals surface area (Å²) in [6.07, 6.45) is 5.74. The van der Waals surface area contributed by atoms with Gasteiger partial charge in [0.2, 0.25) is 0 Å². The predicted octanol–water partition coefficient (Wildman–Crippen LogP) is 5.18. The molecule has 0 unspecified atom stereocenters. The van der Waals surface area contributed by atoms with E-state index in [2.05, 4.69) is 67.1 Å². The van der Waals surface area contributed by atoms with Gasteiger partial charge in [0.25, 0.3) is 0 Å². The predicted molar refractivity (Wildman–Crippen MR) is 102 cm³/mol. The van der Waals surface area contributed by atoms with Crippen molar-refractivity contribution in [3.8, 4) is 11.1 Å². The summed E-state index contributed by atoms with van der Waals surface area (Å²) in [5, 5.41) is 0. The molecular weight excluding hydrogens is 292 g/mol. The van der Waals surface area contributed by atoms with Gasteiger partial charge in [-0.2, -0.15) is 0 Å². The molecule has 0 bridgehead atoms. The van der Waals surface area contributed by atoms with Crippen LogP contribution in [0.5, 0.6) is 0 Å². The Morgan fingerprint density at radius 1 is 1.04 bits per heavy atom. The second kappa shape index (κ2) is 7.94. The molecule has 0 aliphatic carbocycles. The molecule has 2 nitrogen and oxygen atoms in total. The van der Waals surface area contributed by atoms with Gasteiger partial charge in [0.1, 0.15) is 0 Å². The highest BCUT2D eigenvalue weighted by atomic mass is 15.1. The minimum absolute atomic E-state index is 0.704. The SMILES string of the molecule is CC(C)Cc1ccc(-c2ccnc(CN3CCC(C)CC3)c2)cc1. The largest absolute Gasteiger partial charge is 0.297 e. The molecule has 0 N–H and O–H groups in total. The van der Waals surface area contributed by atoms with Crippen LogP contribution in [0.4, 0.5) is 0 Å². The summed E-state index contributed by atoms with van der Waals surface area (Å²) in [4.78, 5) is 7.13. The molecule has 1 aliphatic rings. The second-order valence-corrected chi connectivity index (χ2v) is 7.79. The third-order valence-corrected chi connectivity index (χ3v) is 5.01. The minimum Gasteiger partial charge on any atom is -0.297 e. The van der Waals surface area contributed by atoms with Crippen molar-refractivity contribution in [2.24, 2.45) is 11.8 Å². The maximum Gasteiger partial charge on any atom is 0.0550 e. The smallest absolute Gasteiger partial charge is 0.0550 e. The van der Waals surface area contributed by atoms with Gasteiger partial charge in [-0.3, -0.25) is 9.88 Å². The van der Waals surface area contributed by atoms with Crippen molar-refractivity contribution >= 4 is 0 Å². The summed E-state index contributed by atoms with van der Waals surface area (Å²) in [6.45, 7) is 10.3. The number of hydrogen-bond acceptors (Lipinski definition) is 2. The van der Waals surface area contributed by atoms with Crippen molar-refractivity contribution in [1.82, 2.24) is 9.88 Å². The van der Waals surface area contributed by atoms with Crippen LogP contribution in [0.15, 0.2) is 42.6 Å². The van der Waals surface area contributed by atoms with E-state index < -0.39 is 0 Å². The van der Waals surface area contributed by atoms with Gasteiger partial charge < -0.3 is 0 Å². The molecule has 128 valence electrons. The van der Waals surface area contributed by atoms with Gasteiger partial charge in [0.05, 0.1) is 5.69 Å². The van der Waals surface area contributed by atoms with Crippen LogP contribution >= 0.6 is 0 Å². The molecule has 3 rings (SSSR count). The molecule has 0 radical (unpaired) electrons. The quantitative estimate of drug-likeness (QED) is 0.754. The third-order valence-electron chi connectivity index (χ3n) is 5.01. The van der Waals surface area contributed by atoms with Gasteiger partial charge in [-0.25, -0.2) is 0 Å². The Kier molecular flexibility index (Phi) is 5.68. The fourth-order valence-electron chi connectivity index (χ4n) is 3.50. The lowest BCUT2D eigenvalue weighted by Gasteiger charge is -2.29. The fourth-order valence-corrected chi connectivity index (χ4v) is 3.50. The molecule has 1 aromatic heterocycles. The van der Waals surface area contributed by atoms with Crippen molar-refractivity contribution in [3.05, 3.63) is 53.9 Å². The highest BCUT2D eigenvalue weighted by Gasteiger charge is 2.16. The Bertz CT molecular complexity index is 637. The van der Waals surface area contributed by atoms with Crippen molar-refractivity contribution in [2.45, 2.75) is 46.6 Å². The molecule has 1 aliphatic heterocycles. The molecule has 24 heavy (non-hydrogen) atoms. The van der Waals surface area contributed by atoms with Crippen LogP contribution in [0.3, 0.4) is 0 Å². The van der Waals surface area contributed by atoms with Crippen molar-refractivity contribution in [2.75, 3.05) is 13.1 Å². The first-order valence-corrected chi connectivity index (χ1v) is 9.37. The number of aromatic nitrogens is 1. The average Bonchev–Trinajstić information content (AvgIpc) is 2.57. The van der Waals surface area contributed by atoms with Gasteiger partial charge in [-0.15, -0.1) is 0 Å². The summed E-state index contributed by atoms with van der Waals surface area (Å²) in [5.74, 6) is 1.58. The van der Waals surface area contributed by atoms with E-state index in [9.17, 15) is 0 Å². The highest BCUT2D eigenvalue weighted by molar-refractivity contribution is 5.63. The monoisotopic (exact) mass is 322 g/mol. The summed E-state index contributed by atoms with van der Waals surface area (Å²) in [6, 6.07) is 13.4. The van der Waals surface area contributed by atoms with Gasteiger partial charge in [0, 0.05) is 12.7 Å². The van der Waals surface area contributed by atoms with E-state index in [4.69, 9.17) is 0 Å². The van der Waals surface area contributed by atoms with E-state index in [1.165, 1.54) is 48.3 Å². The van der Waals surface area contributed by atoms with Gasteiger partial charge in [-0.1, -0.05) is 45.0 Å². The number of piperidine rings is 1. The second-order valence-electron chi connectivity index (χ2n) is 7.79. The number of hydrogen-bond donors (Lipinski definition) is 0.